The molecule has 0 aromatic heterocycles. The highest BCUT2D eigenvalue weighted by Crippen LogP contribution is 2.10. The molecule has 106 valence electrons. The van der Waals surface area contributed by atoms with Gasteiger partial charge in [0.1, 0.15) is 0 Å². The highest BCUT2D eigenvalue weighted by molar-refractivity contribution is 6.02. The number of nitrogens with zero attached hydrogens (tertiary/aromatic N) is 2. The van der Waals surface area contributed by atoms with Crippen molar-refractivity contribution < 1.29 is 19.5 Å². The number of hydrogen-bond donors (Lipinski definition) is 2. The summed E-state index contributed by atoms with van der Waals surface area (Å²) in [4.78, 5) is 37.1. The quantitative estimate of drug-likeness (QED) is 0.698. The minimum Gasteiger partial charge on any atom is -0.478 e. The number of nitrogens with one attached hydrogen (secondary N) is 1. The summed E-state index contributed by atoms with van der Waals surface area (Å²) in [6.07, 6.45) is 2.45. The highest BCUT2D eigenvalue weighted by Gasteiger charge is 2.26. The molecular weight excluding hydrogens is 250 g/mol. The average molecular weight is 269 g/mol. The second kappa shape index (κ2) is 6.89. The number of carboxylic acid groups (broad SMARTS) is 1. The number of carbonyl (C=O) groups excluding carboxylic acids is 2. The number of imide groups is 1. The van der Waals surface area contributed by atoms with Crippen LogP contribution in [0.4, 0.5) is 4.79 Å². The number of likely N-dealkylation sites (N-methyl/N-ethyl adjacent to an activating group) is 1. The third kappa shape index (κ3) is 4.70. The van der Waals surface area contributed by atoms with Crippen molar-refractivity contribution in [3.8, 4) is 0 Å². The molecule has 1 atom stereocenters. The lowest BCUT2D eigenvalue weighted by molar-refractivity contribution is -0.131. The number of rotatable bonds is 3. The fraction of sp³-hybridized carbons (Fsp3) is 0.583. The minimum absolute atomic E-state index is 0.282. The maximum absolute atomic E-state index is 11.8. The van der Waals surface area contributed by atoms with Gasteiger partial charge in [-0.05, 0) is 13.5 Å². The van der Waals surface area contributed by atoms with E-state index in [2.05, 4.69) is 10.2 Å². The van der Waals surface area contributed by atoms with Gasteiger partial charge in [0.05, 0.1) is 0 Å². The van der Waals surface area contributed by atoms with Crippen LogP contribution in [0, 0.1) is 0 Å². The zero-order chi connectivity index (χ0) is 14.4. The Kier molecular flexibility index (Phi) is 5.50. The predicted octanol–water partition coefficient (Wildman–Crippen LogP) is -0.111. The topological polar surface area (TPSA) is 90.0 Å². The normalized spacial score (nSPS) is 20.5. The summed E-state index contributed by atoms with van der Waals surface area (Å²) >= 11 is 0. The minimum atomic E-state index is -1.23. The van der Waals surface area contributed by atoms with Gasteiger partial charge < -0.3 is 10.0 Å². The molecule has 2 N–H and O–H groups in total. The van der Waals surface area contributed by atoms with Crippen molar-refractivity contribution in [3.05, 3.63) is 12.2 Å². The Morgan fingerprint density at radius 2 is 2.00 bits per heavy atom. The summed E-state index contributed by atoms with van der Waals surface area (Å²) in [5.74, 6) is -1.95. The highest BCUT2D eigenvalue weighted by atomic mass is 16.4. The lowest BCUT2D eigenvalue weighted by Gasteiger charge is -2.38. The van der Waals surface area contributed by atoms with Crippen molar-refractivity contribution in [2.45, 2.75) is 19.4 Å². The van der Waals surface area contributed by atoms with E-state index in [1.165, 1.54) is 0 Å². The van der Waals surface area contributed by atoms with Gasteiger partial charge in [-0.25, -0.2) is 9.59 Å². The van der Waals surface area contributed by atoms with Crippen molar-refractivity contribution in [3.63, 3.8) is 0 Å². The molecule has 0 bridgehead atoms. The van der Waals surface area contributed by atoms with E-state index in [-0.39, 0.29) is 6.04 Å². The second-order valence-corrected chi connectivity index (χ2v) is 4.45. The zero-order valence-electron chi connectivity index (χ0n) is 11.1. The molecule has 1 rings (SSSR count). The number of carbonyl (C=O) groups is 3. The largest absolute Gasteiger partial charge is 0.478 e. The first-order chi connectivity index (χ1) is 8.93. The molecule has 0 spiro atoms. The fourth-order valence-electron chi connectivity index (χ4n) is 1.94. The Balaban J connectivity index is 2.50. The van der Waals surface area contributed by atoms with Crippen molar-refractivity contribution in [2.24, 2.45) is 0 Å². The Morgan fingerprint density at radius 3 is 2.58 bits per heavy atom. The smallest absolute Gasteiger partial charge is 0.328 e. The van der Waals surface area contributed by atoms with Gasteiger partial charge in [-0.1, -0.05) is 6.92 Å². The van der Waals surface area contributed by atoms with Gasteiger partial charge in [0.2, 0.25) is 0 Å². The van der Waals surface area contributed by atoms with Gasteiger partial charge in [-0.3, -0.25) is 15.0 Å². The Hall–Kier alpha value is -1.89. The van der Waals surface area contributed by atoms with Crippen LogP contribution < -0.4 is 5.32 Å². The number of carboxylic acids is 1. The number of urea groups is 1. The maximum atomic E-state index is 11.8. The maximum Gasteiger partial charge on any atom is 0.328 e. The van der Waals surface area contributed by atoms with Crippen LogP contribution in [0.25, 0.3) is 0 Å². The first-order valence-corrected chi connectivity index (χ1v) is 6.15. The number of hydrogen-bond acceptors (Lipinski definition) is 4. The molecule has 1 aliphatic rings. The van der Waals surface area contributed by atoms with Gasteiger partial charge in [0.15, 0.2) is 0 Å². The Labute approximate surface area is 111 Å². The summed E-state index contributed by atoms with van der Waals surface area (Å²) in [7, 11) is 2.00. The molecule has 19 heavy (non-hydrogen) atoms. The van der Waals surface area contributed by atoms with Gasteiger partial charge in [0.25, 0.3) is 5.91 Å². The molecule has 1 heterocycles. The molecular formula is C12H19N3O4. The molecule has 1 fully saturated rings. The number of piperazine rings is 1. The number of amides is 3. The van der Waals surface area contributed by atoms with E-state index in [4.69, 9.17) is 5.11 Å². The molecule has 3 amide bonds. The molecule has 7 nitrogen and oxygen atoms in total. The van der Waals surface area contributed by atoms with Gasteiger partial charge in [-0.15, -0.1) is 0 Å². The third-order valence-corrected chi connectivity index (χ3v) is 3.14. The van der Waals surface area contributed by atoms with Gasteiger partial charge >= 0.3 is 12.0 Å². The fourth-order valence-corrected chi connectivity index (χ4v) is 1.94. The zero-order valence-corrected chi connectivity index (χ0v) is 11.1. The van der Waals surface area contributed by atoms with E-state index in [9.17, 15) is 14.4 Å². The second-order valence-electron chi connectivity index (χ2n) is 4.45. The van der Waals surface area contributed by atoms with Gasteiger partial charge in [-0.2, -0.15) is 0 Å². The first kappa shape index (κ1) is 15.2. The van der Waals surface area contributed by atoms with Crippen molar-refractivity contribution in [1.82, 2.24) is 15.1 Å². The molecule has 0 radical (unpaired) electrons. The summed E-state index contributed by atoms with van der Waals surface area (Å²) < 4.78 is 0. The molecule has 1 saturated heterocycles. The van der Waals surface area contributed by atoms with E-state index in [0.29, 0.717) is 19.2 Å². The molecule has 7 heteroatoms. The number of aliphatic carboxylic acids is 1. The van der Waals surface area contributed by atoms with Crippen molar-refractivity contribution >= 4 is 17.9 Å². The van der Waals surface area contributed by atoms with Crippen LogP contribution in [-0.2, 0) is 9.59 Å². The predicted molar refractivity (Wildman–Crippen MR) is 68.6 cm³/mol. The molecule has 0 saturated carbocycles. The van der Waals surface area contributed by atoms with E-state index in [1.54, 1.807) is 4.90 Å². The summed E-state index contributed by atoms with van der Waals surface area (Å²) in [5, 5.41) is 10.5. The summed E-state index contributed by atoms with van der Waals surface area (Å²) in [6, 6.07) is -0.198. The standard InChI is InChI=1S/C12H19N3O4/c1-3-9-8-15(7-6-14(9)2)12(19)13-10(16)4-5-11(17)18/h4-5,9H,3,6-8H2,1-2H3,(H,17,18)(H,13,16,19)/b5-4+. The monoisotopic (exact) mass is 269 g/mol. The van der Waals surface area contributed by atoms with Crippen LogP contribution >= 0.6 is 0 Å². The van der Waals surface area contributed by atoms with E-state index in [1.807, 2.05) is 14.0 Å². The SMILES string of the molecule is CCC1CN(C(=O)NC(=O)/C=C/C(=O)O)CCN1C. The summed E-state index contributed by atoms with van der Waals surface area (Å²) in [5.41, 5.74) is 0. The van der Waals surface area contributed by atoms with Crippen LogP contribution in [0.15, 0.2) is 12.2 Å². The third-order valence-electron chi connectivity index (χ3n) is 3.14. The molecule has 0 aromatic rings. The van der Waals surface area contributed by atoms with E-state index >= 15 is 0 Å². The van der Waals surface area contributed by atoms with Crippen LogP contribution in [0.2, 0.25) is 0 Å². The van der Waals surface area contributed by atoms with Crippen LogP contribution in [0.3, 0.4) is 0 Å². The van der Waals surface area contributed by atoms with Crippen molar-refractivity contribution in [2.75, 3.05) is 26.7 Å². The van der Waals surface area contributed by atoms with Crippen LogP contribution in [0.5, 0.6) is 0 Å². The molecule has 1 aliphatic heterocycles. The van der Waals surface area contributed by atoms with E-state index in [0.717, 1.165) is 19.0 Å². The molecule has 1 unspecified atom stereocenters. The Morgan fingerprint density at radius 1 is 1.32 bits per heavy atom. The van der Waals surface area contributed by atoms with E-state index < -0.39 is 17.9 Å². The van der Waals surface area contributed by atoms with Gasteiger partial charge in [0, 0.05) is 37.8 Å². The van der Waals surface area contributed by atoms with Crippen LogP contribution in [-0.4, -0.2) is 65.5 Å². The summed E-state index contributed by atoms with van der Waals surface area (Å²) in [6.45, 7) is 3.91. The first-order valence-electron chi connectivity index (χ1n) is 6.15. The molecule has 0 aromatic carbocycles. The average Bonchev–Trinajstić information content (AvgIpc) is 2.36. The Bertz CT molecular complexity index is 394. The molecule has 0 aliphatic carbocycles. The van der Waals surface area contributed by atoms with Crippen molar-refractivity contribution in [1.29, 1.82) is 0 Å². The lowest BCUT2D eigenvalue weighted by atomic mass is 10.1. The lowest BCUT2D eigenvalue weighted by Crippen LogP contribution is -2.55. The van der Waals surface area contributed by atoms with Crippen LogP contribution in [0.1, 0.15) is 13.3 Å².